The summed E-state index contributed by atoms with van der Waals surface area (Å²) in [5.74, 6) is -0.698. The van der Waals surface area contributed by atoms with Crippen molar-refractivity contribution in [3.63, 3.8) is 0 Å². The van der Waals surface area contributed by atoms with Crippen molar-refractivity contribution >= 4 is 11.8 Å². The Balaban J connectivity index is 1.34. The first kappa shape index (κ1) is 30.8. The maximum absolute atomic E-state index is 15.0. The molecule has 1 unspecified atom stereocenters. The molecular formula is C35H32F5N3O2. The molecular weight excluding hydrogens is 589 g/mol. The third-order valence-electron chi connectivity index (χ3n) is 9.98. The first-order valence-electron chi connectivity index (χ1n) is 15.1. The number of alkyl halides is 4. The van der Waals surface area contributed by atoms with Crippen LogP contribution in [0.2, 0.25) is 0 Å². The zero-order valence-electron chi connectivity index (χ0n) is 24.7. The standard InChI is InChI=1S/C35H32F5N3O2/c1-33(37,35(38,39)40)26-9-12-28-25(18-26)8-14-30-34(28,19-22-6-10-27(36)11-7-22)16-17-42(30)32(45)29-13-15-31(44)43(29)21-24-4-2-23(20-41)3-5-24/h2-7,9-12,18,29-30H,8,13-17,19,21H2,1H3/t29-,30+,33?,34+/m0/s1. The first-order valence-corrected chi connectivity index (χ1v) is 15.1. The van der Waals surface area contributed by atoms with E-state index < -0.39 is 34.7 Å². The van der Waals surface area contributed by atoms with E-state index in [1.54, 1.807) is 47.4 Å². The number of hydrogen-bond acceptors (Lipinski definition) is 3. The largest absolute Gasteiger partial charge is 0.426 e. The van der Waals surface area contributed by atoms with Crippen molar-refractivity contribution in [1.82, 2.24) is 9.80 Å². The average Bonchev–Trinajstić information content (AvgIpc) is 3.58. The van der Waals surface area contributed by atoms with E-state index in [-0.39, 0.29) is 30.8 Å². The second-order valence-corrected chi connectivity index (χ2v) is 12.6. The van der Waals surface area contributed by atoms with Gasteiger partial charge in [0.1, 0.15) is 11.9 Å². The zero-order valence-corrected chi connectivity index (χ0v) is 24.7. The second kappa shape index (κ2) is 11.3. The number of nitriles is 1. The van der Waals surface area contributed by atoms with E-state index in [1.165, 1.54) is 24.3 Å². The van der Waals surface area contributed by atoms with Gasteiger partial charge in [-0.05, 0) is 91.1 Å². The van der Waals surface area contributed by atoms with Gasteiger partial charge in [-0.2, -0.15) is 18.4 Å². The maximum Gasteiger partial charge on any atom is 0.426 e. The normalized spacial score (nSPS) is 24.2. The number of likely N-dealkylation sites (tertiary alicyclic amines) is 2. The lowest BCUT2D eigenvalue weighted by molar-refractivity contribution is -0.228. The van der Waals surface area contributed by atoms with Crippen molar-refractivity contribution in [3.8, 4) is 6.07 Å². The van der Waals surface area contributed by atoms with Crippen LogP contribution in [0.1, 0.15) is 66.0 Å². The minimum absolute atomic E-state index is 0.130. The fourth-order valence-electron chi connectivity index (χ4n) is 7.51. The monoisotopic (exact) mass is 621 g/mol. The Morgan fingerprint density at radius 1 is 0.978 bits per heavy atom. The third kappa shape index (κ3) is 5.36. The molecule has 2 aliphatic heterocycles. The lowest BCUT2D eigenvalue weighted by Gasteiger charge is -2.44. The highest BCUT2D eigenvalue weighted by molar-refractivity contribution is 5.91. The molecule has 0 spiro atoms. The number of carbonyl (C=O) groups excluding carboxylic acids is 2. The molecule has 234 valence electrons. The van der Waals surface area contributed by atoms with Crippen molar-refractivity contribution in [2.45, 2.75) is 81.3 Å². The van der Waals surface area contributed by atoms with Crippen LogP contribution in [0.5, 0.6) is 0 Å². The molecule has 45 heavy (non-hydrogen) atoms. The predicted molar refractivity (Wildman–Crippen MR) is 156 cm³/mol. The molecule has 0 bridgehead atoms. The van der Waals surface area contributed by atoms with E-state index >= 15 is 0 Å². The van der Waals surface area contributed by atoms with Gasteiger partial charge in [-0.3, -0.25) is 9.59 Å². The van der Waals surface area contributed by atoms with Crippen LogP contribution in [-0.2, 0) is 40.1 Å². The lowest BCUT2D eigenvalue weighted by atomic mass is 9.63. The number of benzene rings is 3. The molecule has 10 heteroatoms. The van der Waals surface area contributed by atoms with Crippen molar-refractivity contribution < 1.29 is 31.5 Å². The summed E-state index contributed by atoms with van der Waals surface area (Å²) in [6.45, 7) is 1.13. The highest BCUT2D eigenvalue weighted by Crippen LogP contribution is 2.51. The number of aryl methyl sites for hydroxylation is 1. The number of carbonyl (C=O) groups is 2. The summed E-state index contributed by atoms with van der Waals surface area (Å²) in [5.41, 5.74) is -1.17. The maximum atomic E-state index is 15.0. The average molecular weight is 622 g/mol. The Hall–Kier alpha value is -4.26. The van der Waals surface area contributed by atoms with Crippen LogP contribution in [0.4, 0.5) is 22.0 Å². The summed E-state index contributed by atoms with van der Waals surface area (Å²) >= 11 is 0. The van der Waals surface area contributed by atoms with Gasteiger partial charge in [0.15, 0.2) is 0 Å². The summed E-state index contributed by atoms with van der Waals surface area (Å²) < 4.78 is 69.6. The van der Waals surface area contributed by atoms with Crippen molar-refractivity contribution in [2.24, 2.45) is 0 Å². The molecule has 4 atom stereocenters. The molecule has 0 aromatic heterocycles. The molecule has 6 rings (SSSR count). The van der Waals surface area contributed by atoms with Gasteiger partial charge < -0.3 is 9.80 Å². The smallest absolute Gasteiger partial charge is 0.337 e. The van der Waals surface area contributed by atoms with E-state index in [2.05, 4.69) is 6.07 Å². The minimum atomic E-state index is -5.08. The van der Waals surface area contributed by atoms with Gasteiger partial charge in [0.25, 0.3) is 0 Å². The summed E-state index contributed by atoms with van der Waals surface area (Å²) in [6.07, 6.45) is -2.74. The van der Waals surface area contributed by atoms with Gasteiger partial charge >= 0.3 is 6.18 Å². The Bertz CT molecular complexity index is 1660. The molecule has 3 aromatic carbocycles. The zero-order chi connectivity index (χ0) is 32.1. The van der Waals surface area contributed by atoms with Crippen LogP contribution in [0.3, 0.4) is 0 Å². The molecule has 1 aliphatic carbocycles. The molecule has 3 aromatic rings. The number of nitrogens with zero attached hydrogens (tertiary/aromatic N) is 3. The van der Waals surface area contributed by atoms with E-state index in [1.807, 2.05) is 4.90 Å². The fourth-order valence-corrected chi connectivity index (χ4v) is 7.51. The number of halogens is 5. The molecule has 0 N–H and O–H groups in total. The van der Waals surface area contributed by atoms with Crippen LogP contribution in [-0.4, -0.2) is 46.4 Å². The van der Waals surface area contributed by atoms with Crippen molar-refractivity contribution in [1.29, 1.82) is 5.26 Å². The van der Waals surface area contributed by atoms with Gasteiger partial charge in [-0.25, -0.2) is 8.78 Å². The summed E-state index contributed by atoms with van der Waals surface area (Å²) in [4.78, 5) is 30.6. The quantitative estimate of drug-likeness (QED) is 0.289. The van der Waals surface area contributed by atoms with Crippen LogP contribution in [0, 0.1) is 17.1 Å². The molecule has 2 heterocycles. The van der Waals surface area contributed by atoms with Crippen LogP contribution >= 0.6 is 0 Å². The Morgan fingerprint density at radius 3 is 2.33 bits per heavy atom. The summed E-state index contributed by atoms with van der Waals surface area (Å²) in [5, 5.41) is 9.11. The lowest BCUT2D eigenvalue weighted by Crippen LogP contribution is -2.53. The number of hydrogen-bond donors (Lipinski definition) is 0. The molecule has 2 fully saturated rings. The van der Waals surface area contributed by atoms with E-state index in [9.17, 15) is 31.5 Å². The van der Waals surface area contributed by atoms with Crippen LogP contribution in [0.15, 0.2) is 66.7 Å². The molecule has 2 amide bonds. The third-order valence-corrected chi connectivity index (χ3v) is 9.98. The first-order chi connectivity index (χ1) is 21.3. The van der Waals surface area contributed by atoms with Gasteiger partial charge in [0.05, 0.1) is 11.6 Å². The summed E-state index contributed by atoms with van der Waals surface area (Å²) in [7, 11) is 0. The Labute approximate surface area is 258 Å². The van der Waals surface area contributed by atoms with Gasteiger partial charge in [0, 0.05) is 31.0 Å². The molecule has 0 saturated carbocycles. The van der Waals surface area contributed by atoms with E-state index in [0.29, 0.717) is 56.7 Å². The number of fused-ring (bicyclic) bond motifs is 3. The Morgan fingerprint density at radius 2 is 1.67 bits per heavy atom. The van der Waals surface area contributed by atoms with Gasteiger partial charge in [-0.15, -0.1) is 0 Å². The highest BCUT2D eigenvalue weighted by Gasteiger charge is 2.56. The highest BCUT2D eigenvalue weighted by atomic mass is 19.4. The van der Waals surface area contributed by atoms with Gasteiger partial charge in [-0.1, -0.05) is 42.5 Å². The molecule has 5 nitrogen and oxygen atoms in total. The summed E-state index contributed by atoms with van der Waals surface area (Å²) in [6, 6.07) is 18.1. The molecule has 2 saturated heterocycles. The van der Waals surface area contributed by atoms with Crippen molar-refractivity contribution in [3.05, 3.63) is 106 Å². The predicted octanol–water partition coefficient (Wildman–Crippen LogP) is 6.66. The molecule has 3 aliphatic rings. The SMILES string of the molecule is CC(F)(c1ccc2c(c1)CC[C@H]1N(C(=O)[C@@H]3CCC(=O)N3Cc3ccc(C#N)cc3)CC[C@@]21Cc1ccc(F)cc1)C(F)(F)F. The number of rotatable bonds is 6. The van der Waals surface area contributed by atoms with Gasteiger partial charge in [0.2, 0.25) is 17.5 Å². The topological polar surface area (TPSA) is 64.4 Å². The fraction of sp³-hybridized carbons (Fsp3) is 0.400. The van der Waals surface area contributed by atoms with Crippen LogP contribution < -0.4 is 0 Å². The van der Waals surface area contributed by atoms with Crippen LogP contribution in [0.25, 0.3) is 0 Å². The van der Waals surface area contributed by atoms with E-state index in [0.717, 1.165) is 16.7 Å². The second-order valence-electron chi connectivity index (χ2n) is 12.6. The minimum Gasteiger partial charge on any atom is -0.337 e. The number of amides is 2. The molecule has 0 radical (unpaired) electrons. The van der Waals surface area contributed by atoms with Crippen molar-refractivity contribution in [2.75, 3.05) is 6.54 Å². The van der Waals surface area contributed by atoms with E-state index in [4.69, 9.17) is 5.26 Å². The Kier molecular flexibility index (Phi) is 7.70.